The van der Waals surface area contributed by atoms with Crippen molar-refractivity contribution in [1.29, 1.82) is 0 Å². The lowest BCUT2D eigenvalue weighted by Gasteiger charge is -2.16. The summed E-state index contributed by atoms with van der Waals surface area (Å²) >= 11 is 6.06. The Labute approximate surface area is 156 Å². The normalized spacial score (nSPS) is 12.2. The summed E-state index contributed by atoms with van der Waals surface area (Å²) in [6.45, 7) is 0.187. The van der Waals surface area contributed by atoms with Gasteiger partial charge in [0.25, 0.3) is 0 Å². The van der Waals surface area contributed by atoms with Crippen molar-refractivity contribution >= 4 is 22.5 Å². The van der Waals surface area contributed by atoms with Crippen LogP contribution in [0.3, 0.4) is 0 Å². The number of aromatic amines is 1. The van der Waals surface area contributed by atoms with Crippen LogP contribution in [0.2, 0.25) is 5.02 Å². The number of nitroso groups, excluding NO2 is 1. The molecule has 0 aliphatic rings. The van der Waals surface area contributed by atoms with E-state index in [2.05, 4.69) is 22.3 Å². The van der Waals surface area contributed by atoms with E-state index in [4.69, 9.17) is 11.6 Å². The standard InChI is InChI=1S/C22H17ClN2O/c23-17-12-10-16(11-13-17)22-21(18-8-4-5-9-20(18)25-22)19(14-24-26)15-6-2-1-3-7-15/h1-13,19,25H,14H2. The number of nitrogens with zero attached hydrogens (tertiary/aromatic N) is 1. The molecule has 1 heterocycles. The predicted molar refractivity (Wildman–Crippen MR) is 108 cm³/mol. The van der Waals surface area contributed by atoms with Crippen molar-refractivity contribution in [2.45, 2.75) is 5.92 Å². The van der Waals surface area contributed by atoms with Gasteiger partial charge in [0, 0.05) is 21.8 Å². The average molecular weight is 361 g/mol. The van der Waals surface area contributed by atoms with Crippen molar-refractivity contribution in [3.8, 4) is 11.3 Å². The average Bonchev–Trinajstić information content (AvgIpc) is 3.06. The van der Waals surface area contributed by atoms with Crippen LogP contribution in [0, 0.1) is 4.91 Å². The second-order valence-electron chi connectivity index (χ2n) is 6.24. The molecule has 0 aliphatic heterocycles. The zero-order valence-electron chi connectivity index (χ0n) is 14.0. The Morgan fingerprint density at radius 2 is 1.58 bits per heavy atom. The molecule has 0 saturated heterocycles. The first-order valence-corrected chi connectivity index (χ1v) is 8.86. The lowest BCUT2D eigenvalue weighted by atomic mass is 9.87. The lowest BCUT2D eigenvalue weighted by molar-refractivity contribution is 0.823. The minimum Gasteiger partial charge on any atom is -0.354 e. The van der Waals surface area contributed by atoms with E-state index in [1.54, 1.807) is 0 Å². The number of fused-ring (bicyclic) bond motifs is 1. The summed E-state index contributed by atoms with van der Waals surface area (Å²) in [5.74, 6) is -0.115. The van der Waals surface area contributed by atoms with Crippen molar-refractivity contribution in [2.75, 3.05) is 6.54 Å². The van der Waals surface area contributed by atoms with E-state index in [1.165, 1.54) is 0 Å². The number of hydrogen-bond acceptors (Lipinski definition) is 2. The highest BCUT2D eigenvalue weighted by molar-refractivity contribution is 6.30. The van der Waals surface area contributed by atoms with E-state index in [0.717, 1.165) is 33.3 Å². The van der Waals surface area contributed by atoms with E-state index < -0.39 is 0 Å². The van der Waals surface area contributed by atoms with Crippen LogP contribution in [0.4, 0.5) is 0 Å². The first-order valence-electron chi connectivity index (χ1n) is 8.48. The molecule has 0 saturated carbocycles. The van der Waals surface area contributed by atoms with Gasteiger partial charge >= 0.3 is 0 Å². The third kappa shape index (κ3) is 3.02. The van der Waals surface area contributed by atoms with Crippen molar-refractivity contribution in [3.05, 3.63) is 99.9 Å². The number of benzene rings is 3. The lowest BCUT2D eigenvalue weighted by Crippen LogP contribution is -2.05. The molecule has 3 aromatic carbocycles. The van der Waals surface area contributed by atoms with Crippen LogP contribution in [0.15, 0.2) is 84.0 Å². The molecular weight excluding hydrogens is 344 g/mol. The van der Waals surface area contributed by atoms with Gasteiger partial charge in [-0.2, -0.15) is 4.91 Å². The Bertz CT molecular complexity index is 1040. The topological polar surface area (TPSA) is 45.2 Å². The maximum absolute atomic E-state index is 11.2. The number of halogens is 1. The molecule has 0 fully saturated rings. The number of hydrogen-bond donors (Lipinski definition) is 1. The SMILES string of the molecule is O=NCC(c1ccccc1)c1c(-c2ccc(Cl)cc2)[nH]c2ccccc12. The Balaban J connectivity index is 1.98. The molecule has 1 unspecified atom stereocenters. The van der Waals surface area contributed by atoms with Gasteiger partial charge < -0.3 is 4.98 Å². The van der Waals surface area contributed by atoms with E-state index in [-0.39, 0.29) is 12.5 Å². The number of H-pyrrole nitrogens is 1. The molecule has 26 heavy (non-hydrogen) atoms. The van der Waals surface area contributed by atoms with E-state index in [1.807, 2.05) is 66.7 Å². The zero-order chi connectivity index (χ0) is 17.9. The summed E-state index contributed by atoms with van der Waals surface area (Å²) in [4.78, 5) is 14.8. The Morgan fingerprint density at radius 3 is 2.31 bits per heavy atom. The molecule has 0 bridgehead atoms. The van der Waals surface area contributed by atoms with Crippen molar-refractivity contribution in [3.63, 3.8) is 0 Å². The van der Waals surface area contributed by atoms with Gasteiger partial charge in [-0.05, 0) is 34.9 Å². The van der Waals surface area contributed by atoms with Crippen molar-refractivity contribution in [1.82, 2.24) is 4.98 Å². The molecule has 0 aliphatic carbocycles. The molecule has 4 aromatic rings. The quantitative estimate of drug-likeness (QED) is 0.412. The fourth-order valence-electron chi connectivity index (χ4n) is 3.49. The van der Waals surface area contributed by atoms with Gasteiger partial charge in [0.1, 0.15) is 0 Å². The van der Waals surface area contributed by atoms with Gasteiger partial charge in [-0.1, -0.05) is 77.4 Å². The molecule has 0 spiro atoms. The van der Waals surface area contributed by atoms with Gasteiger partial charge in [-0.15, -0.1) is 0 Å². The fourth-order valence-corrected chi connectivity index (χ4v) is 3.62. The molecule has 3 nitrogen and oxygen atoms in total. The van der Waals surface area contributed by atoms with Gasteiger partial charge in [0.2, 0.25) is 0 Å². The molecule has 128 valence electrons. The van der Waals surface area contributed by atoms with Crippen LogP contribution in [0.5, 0.6) is 0 Å². The molecular formula is C22H17ClN2O. The van der Waals surface area contributed by atoms with Gasteiger partial charge in [0.15, 0.2) is 0 Å². The molecule has 0 amide bonds. The van der Waals surface area contributed by atoms with Crippen LogP contribution in [0.1, 0.15) is 17.0 Å². The Kier molecular flexibility index (Phi) is 4.55. The molecule has 0 radical (unpaired) electrons. The third-order valence-electron chi connectivity index (χ3n) is 4.69. The Hall–Kier alpha value is -2.91. The van der Waals surface area contributed by atoms with Crippen LogP contribution < -0.4 is 0 Å². The second kappa shape index (κ2) is 7.14. The second-order valence-corrected chi connectivity index (χ2v) is 6.68. The fraction of sp³-hybridized carbons (Fsp3) is 0.0909. The summed E-state index contributed by atoms with van der Waals surface area (Å²) in [6, 6.07) is 25.9. The van der Waals surface area contributed by atoms with Gasteiger partial charge in [0.05, 0.1) is 12.2 Å². The largest absolute Gasteiger partial charge is 0.354 e. The van der Waals surface area contributed by atoms with Gasteiger partial charge in [-0.3, -0.25) is 0 Å². The van der Waals surface area contributed by atoms with Crippen LogP contribution in [-0.4, -0.2) is 11.5 Å². The number of nitrogens with one attached hydrogen (secondary N) is 1. The molecule has 1 atom stereocenters. The number of aromatic nitrogens is 1. The smallest absolute Gasteiger partial charge is 0.0921 e. The minimum atomic E-state index is -0.115. The van der Waals surface area contributed by atoms with E-state index in [9.17, 15) is 4.91 Å². The zero-order valence-corrected chi connectivity index (χ0v) is 14.8. The highest BCUT2D eigenvalue weighted by Crippen LogP contribution is 2.39. The summed E-state index contributed by atoms with van der Waals surface area (Å²) in [5.41, 5.74) is 5.24. The first kappa shape index (κ1) is 16.6. The molecule has 4 rings (SSSR count). The Morgan fingerprint density at radius 1 is 0.885 bits per heavy atom. The first-order chi connectivity index (χ1) is 12.8. The molecule has 1 N–H and O–H groups in total. The molecule has 1 aromatic heterocycles. The van der Waals surface area contributed by atoms with E-state index >= 15 is 0 Å². The maximum Gasteiger partial charge on any atom is 0.0921 e. The monoisotopic (exact) mass is 360 g/mol. The van der Waals surface area contributed by atoms with Crippen LogP contribution in [0.25, 0.3) is 22.2 Å². The summed E-state index contributed by atoms with van der Waals surface area (Å²) in [7, 11) is 0. The van der Waals surface area contributed by atoms with Crippen LogP contribution >= 0.6 is 11.6 Å². The minimum absolute atomic E-state index is 0.115. The van der Waals surface area contributed by atoms with Crippen LogP contribution in [-0.2, 0) is 0 Å². The maximum atomic E-state index is 11.2. The molecule has 4 heteroatoms. The van der Waals surface area contributed by atoms with Crippen molar-refractivity contribution < 1.29 is 0 Å². The summed E-state index contributed by atoms with van der Waals surface area (Å²) < 4.78 is 0. The van der Waals surface area contributed by atoms with Crippen molar-refractivity contribution in [2.24, 2.45) is 5.18 Å². The third-order valence-corrected chi connectivity index (χ3v) is 4.94. The summed E-state index contributed by atoms with van der Waals surface area (Å²) in [6.07, 6.45) is 0. The number of para-hydroxylation sites is 1. The predicted octanol–water partition coefficient (Wildman–Crippen LogP) is 6.39. The highest BCUT2D eigenvalue weighted by atomic mass is 35.5. The summed E-state index contributed by atoms with van der Waals surface area (Å²) in [5, 5.41) is 5.04. The van der Waals surface area contributed by atoms with Gasteiger partial charge in [-0.25, -0.2) is 0 Å². The van der Waals surface area contributed by atoms with E-state index in [0.29, 0.717) is 5.02 Å². The highest BCUT2D eigenvalue weighted by Gasteiger charge is 2.23. The number of rotatable bonds is 5.